The molecular formula is C13H12ClN3O3. The monoisotopic (exact) mass is 293 g/mol. The lowest BCUT2D eigenvalue weighted by Gasteiger charge is -2.05. The number of nitrogens with one attached hydrogen (secondary N) is 2. The lowest BCUT2D eigenvalue weighted by molar-refractivity contribution is -0.116. The van der Waals surface area contributed by atoms with Crippen LogP contribution in [-0.2, 0) is 4.79 Å². The van der Waals surface area contributed by atoms with E-state index in [2.05, 4.69) is 15.6 Å². The second-order valence-corrected chi connectivity index (χ2v) is 4.36. The molecule has 2 heterocycles. The molecule has 2 amide bonds. The van der Waals surface area contributed by atoms with Crippen molar-refractivity contribution in [1.82, 2.24) is 10.3 Å². The zero-order valence-electron chi connectivity index (χ0n) is 10.4. The molecule has 0 bridgehead atoms. The molecule has 2 aromatic heterocycles. The van der Waals surface area contributed by atoms with Crippen molar-refractivity contribution >= 4 is 29.2 Å². The summed E-state index contributed by atoms with van der Waals surface area (Å²) >= 11 is 5.69. The van der Waals surface area contributed by atoms with E-state index in [1.54, 1.807) is 18.2 Å². The van der Waals surface area contributed by atoms with Crippen molar-refractivity contribution in [2.24, 2.45) is 0 Å². The molecule has 0 aliphatic heterocycles. The van der Waals surface area contributed by atoms with Gasteiger partial charge in [-0.05, 0) is 18.2 Å². The smallest absolute Gasteiger partial charge is 0.254 e. The zero-order chi connectivity index (χ0) is 14.4. The number of aromatic nitrogens is 1. The largest absolute Gasteiger partial charge is 0.472 e. The topological polar surface area (TPSA) is 84.2 Å². The molecule has 0 atom stereocenters. The third-order valence-corrected chi connectivity index (χ3v) is 2.64. The lowest BCUT2D eigenvalue weighted by atomic mass is 10.3. The van der Waals surface area contributed by atoms with Gasteiger partial charge in [0.05, 0.1) is 16.8 Å². The van der Waals surface area contributed by atoms with Crippen LogP contribution < -0.4 is 10.6 Å². The number of hydrogen-bond donors (Lipinski definition) is 2. The number of carbonyl (C=O) groups is 2. The Morgan fingerprint density at radius 1 is 1.30 bits per heavy atom. The van der Waals surface area contributed by atoms with Crippen LogP contribution in [0.5, 0.6) is 0 Å². The molecule has 104 valence electrons. The van der Waals surface area contributed by atoms with Crippen LogP contribution in [0.2, 0.25) is 5.02 Å². The fourth-order valence-corrected chi connectivity index (χ4v) is 1.55. The van der Waals surface area contributed by atoms with Crippen molar-refractivity contribution in [2.45, 2.75) is 6.42 Å². The molecule has 0 saturated carbocycles. The van der Waals surface area contributed by atoms with E-state index in [0.717, 1.165) is 0 Å². The number of furan rings is 1. The number of carbonyl (C=O) groups excluding carboxylic acids is 2. The van der Waals surface area contributed by atoms with Crippen molar-refractivity contribution in [3.63, 3.8) is 0 Å². The molecule has 6 nitrogen and oxygen atoms in total. The van der Waals surface area contributed by atoms with Gasteiger partial charge in [-0.15, -0.1) is 0 Å². The Hall–Kier alpha value is -2.34. The van der Waals surface area contributed by atoms with Crippen LogP contribution in [0.4, 0.5) is 5.82 Å². The third-order valence-electron chi connectivity index (χ3n) is 2.42. The molecule has 0 unspecified atom stereocenters. The van der Waals surface area contributed by atoms with Gasteiger partial charge < -0.3 is 15.1 Å². The van der Waals surface area contributed by atoms with Crippen LogP contribution in [0.3, 0.4) is 0 Å². The van der Waals surface area contributed by atoms with Gasteiger partial charge in [0, 0.05) is 19.2 Å². The van der Waals surface area contributed by atoms with Gasteiger partial charge in [0.1, 0.15) is 12.1 Å². The molecule has 20 heavy (non-hydrogen) atoms. The minimum absolute atomic E-state index is 0.147. The second-order valence-electron chi connectivity index (χ2n) is 3.93. The van der Waals surface area contributed by atoms with E-state index >= 15 is 0 Å². The standard InChI is InChI=1S/C13H12ClN3O3/c14-10-1-2-11(16-7-10)17-12(18)3-5-15-13(19)9-4-6-20-8-9/h1-2,4,6-8H,3,5H2,(H,15,19)(H,16,17,18). The van der Waals surface area contributed by atoms with Crippen LogP contribution in [0.15, 0.2) is 41.3 Å². The van der Waals surface area contributed by atoms with E-state index in [1.807, 2.05) is 0 Å². The molecule has 2 N–H and O–H groups in total. The van der Waals surface area contributed by atoms with Crippen LogP contribution in [-0.4, -0.2) is 23.3 Å². The molecule has 2 rings (SSSR count). The Balaban J connectivity index is 1.73. The Labute approximate surface area is 120 Å². The quantitative estimate of drug-likeness (QED) is 0.884. The van der Waals surface area contributed by atoms with Gasteiger partial charge in [0.15, 0.2) is 0 Å². The summed E-state index contributed by atoms with van der Waals surface area (Å²) in [6, 6.07) is 4.78. The minimum atomic E-state index is -0.281. The highest BCUT2D eigenvalue weighted by molar-refractivity contribution is 6.30. The molecule has 0 radical (unpaired) electrons. The van der Waals surface area contributed by atoms with Crippen LogP contribution >= 0.6 is 11.6 Å². The molecule has 0 saturated heterocycles. The Bertz CT molecular complexity index is 581. The summed E-state index contributed by atoms with van der Waals surface area (Å²) in [5, 5.41) is 5.70. The number of nitrogens with zero attached hydrogens (tertiary/aromatic N) is 1. The van der Waals surface area contributed by atoms with Crippen molar-refractivity contribution in [2.75, 3.05) is 11.9 Å². The first-order valence-corrected chi connectivity index (χ1v) is 6.25. The Morgan fingerprint density at radius 2 is 2.15 bits per heavy atom. The predicted octanol–water partition coefficient (Wildman–Crippen LogP) is 2.09. The first-order valence-electron chi connectivity index (χ1n) is 5.87. The van der Waals surface area contributed by atoms with E-state index in [0.29, 0.717) is 16.4 Å². The molecule has 0 aliphatic rings. The van der Waals surface area contributed by atoms with Gasteiger partial charge in [-0.25, -0.2) is 4.98 Å². The molecule has 0 fully saturated rings. The van der Waals surface area contributed by atoms with Crippen molar-refractivity contribution in [3.05, 3.63) is 47.5 Å². The van der Waals surface area contributed by atoms with Gasteiger partial charge in [-0.1, -0.05) is 11.6 Å². The number of halogens is 1. The zero-order valence-corrected chi connectivity index (χ0v) is 11.2. The fraction of sp³-hybridized carbons (Fsp3) is 0.154. The highest BCUT2D eigenvalue weighted by atomic mass is 35.5. The van der Waals surface area contributed by atoms with Crippen LogP contribution in [0.25, 0.3) is 0 Å². The Morgan fingerprint density at radius 3 is 2.80 bits per heavy atom. The van der Waals surface area contributed by atoms with E-state index in [-0.39, 0.29) is 24.8 Å². The first-order chi connectivity index (χ1) is 9.65. The number of hydrogen-bond acceptors (Lipinski definition) is 4. The molecule has 2 aromatic rings. The average Bonchev–Trinajstić information content (AvgIpc) is 2.95. The van der Waals surface area contributed by atoms with Gasteiger partial charge in [-0.3, -0.25) is 9.59 Å². The first kappa shape index (κ1) is 14.1. The van der Waals surface area contributed by atoms with E-state index in [1.165, 1.54) is 18.7 Å². The van der Waals surface area contributed by atoms with Crippen molar-refractivity contribution < 1.29 is 14.0 Å². The molecule has 0 aliphatic carbocycles. The number of rotatable bonds is 5. The van der Waals surface area contributed by atoms with Gasteiger partial charge in [-0.2, -0.15) is 0 Å². The third kappa shape index (κ3) is 4.10. The SMILES string of the molecule is O=C(CCNC(=O)c1ccoc1)Nc1ccc(Cl)cn1. The summed E-state index contributed by atoms with van der Waals surface area (Å²) in [6.45, 7) is 0.226. The summed E-state index contributed by atoms with van der Waals surface area (Å²) in [7, 11) is 0. The van der Waals surface area contributed by atoms with Crippen LogP contribution in [0.1, 0.15) is 16.8 Å². The number of pyridine rings is 1. The summed E-state index contributed by atoms with van der Waals surface area (Å²) in [5.74, 6) is -0.107. The Kier molecular flexibility index (Phi) is 4.73. The van der Waals surface area contributed by atoms with Gasteiger partial charge in [0.2, 0.25) is 5.91 Å². The average molecular weight is 294 g/mol. The summed E-state index contributed by atoms with van der Waals surface area (Å²) in [4.78, 5) is 27.1. The number of amides is 2. The molecule has 7 heteroatoms. The van der Waals surface area contributed by atoms with E-state index in [9.17, 15) is 9.59 Å². The van der Waals surface area contributed by atoms with E-state index in [4.69, 9.17) is 16.0 Å². The number of anilines is 1. The normalized spacial score (nSPS) is 10.1. The van der Waals surface area contributed by atoms with Crippen molar-refractivity contribution in [3.8, 4) is 0 Å². The van der Waals surface area contributed by atoms with Crippen molar-refractivity contribution in [1.29, 1.82) is 0 Å². The molecule has 0 spiro atoms. The maximum absolute atomic E-state index is 11.6. The lowest BCUT2D eigenvalue weighted by Crippen LogP contribution is -2.27. The maximum atomic E-state index is 11.6. The van der Waals surface area contributed by atoms with Crippen LogP contribution in [0, 0.1) is 0 Å². The second kappa shape index (κ2) is 6.72. The predicted molar refractivity (Wildman–Crippen MR) is 73.5 cm³/mol. The minimum Gasteiger partial charge on any atom is -0.472 e. The summed E-state index contributed by atoms with van der Waals surface area (Å²) in [5.41, 5.74) is 0.421. The van der Waals surface area contributed by atoms with E-state index < -0.39 is 0 Å². The highest BCUT2D eigenvalue weighted by Gasteiger charge is 2.08. The molecule has 0 aromatic carbocycles. The maximum Gasteiger partial charge on any atom is 0.254 e. The highest BCUT2D eigenvalue weighted by Crippen LogP contribution is 2.09. The summed E-state index contributed by atoms with van der Waals surface area (Å²) < 4.78 is 4.79. The fourth-order valence-electron chi connectivity index (χ4n) is 1.44. The molecular weight excluding hydrogens is 282 g/mol. The van der Waals surface area contributed by atoms with Gasteiger partial charge >= 0.3 is 0 Å². The summed E-state index contributed by atoms with van der Waals surface area (Å²) in [6.07, 6.45) is 4.34. The van der Waals surface area contributed by atoms with Gasteiger partial charge in [0.25, 0.3) is 5.91 Å².